The molecule has 0 aromatic rings. The van der Waals surface area contributed by atoms with Crippen molar-refractivity contribution in [3.05, 3.63) is 45.5 Å². The number of esters is 2. The average molecular weight is 1020 g/mol. The lowest BCUT2D eigenvalue weighted by Gasteiger charge is -2.69. The van der Waals surface area contributed by atoms with Crippen LogP contribution in [0.3, 0.4) is 0 Å². The van der Waals surface area contributed by atoms with Gasteiger partial charge in [-0.25, -0.2) is 0 Å². The molecule has 0 heterocycles. The number of ether oxygens (including phenoxy) is 2. The molecule has 0 aliphatic heterocycles. The second-order valence-electron chi connectivity index (χ2n) is 30.3. The maximum Gasteiger partial charge on any atom is 0.395 e. The van der Waals surface area contributed by atoms with Gasteiger partial charge in [-0.1, -0.05) is 125 Å². The minimum atomic E-state index is -2.08. The molecule has 0 radical (unpaired) electrons. The zero-order valence-corrected chi connectivity index (χ0v) is 49.0. The Bertz CT molecular complexity index is 2690. The predicted octanol–water partition coefficient (Wildman–Crippen LogP) is 11.6. The summed E-state index contributed by atoms with van der Waals surface area (Å²) in [7, 11) is 2.96. The Morgan fingerprint density at radius 3 is 1.30 bits per heavy atom. The van der Waals surface area contributed by atoms with Crippen LogP contribution in [0.4, 0.5) is 0 Å². The van der Waals surface area contributed by atoms with Crippen LogP contribution in [-0.2, 0) is 43.0 Å². The van der Waals surface area contributed by atoms with E-state index in [0.29, 0.717) is 36.5 Å². The monoisotopic (exact) mass is 1010 g/mol. The van der Waals surface area contributed by atoms with Crippen molar-refractivity contribution in [1.29, 1.82) is 0 Å². The van der Waals surface area contributed by atoms with Crippen LogP contribution in [0.5, 0.6) is 0 Å². The molecule has 10 aliphatic carbocycles. The molecule has 10 rings (SSSR count). The summed E-state index contributed by atoms with van der Waals surface area (Å²) in [6, 6.07) is 0. The van der Waals surface area contributed by atoms with E-state index in [1.165, 1.54) is 14.2 Å². The molecule has 10 heteroatoms. The van der Waals surface area contributed by atoms with Crippen LogP contribution in [0.15, 0.2) is 45.5 Å². The summed E-state index contributed by atoms with van der Waals surface area (Å²) in [5.41, 5.74) is -4.25. The van der Waals surface area contributed by atoms with E-state index >= 15 is 24.0 Å². The minimum absolute atomic E-state index is 0.0221. The third kappa shape index (κ3) is 6.65. The Hall–Kier alpha value is -3.22. The molecule has 0 amide bonds. The van der Waals surface area contributed by atoms with Crippen molar-refractivity contribution in [3.63, 3.8) is 0 Å². The summed E-state index contributed by atoms with van der Waals surface area (Å²) < 4.78 is 11.4. The fraction of sp³-hybridized carbons (Fsp3) is 0.762. The van der Waals surface area contributed by atoms with Gasteiger partial charge in [-0.3, -0.25) is 28.8 Å². The van der Waals surface area contributed by atoms with Gasteiger partial charge >= 0.3 is 27.2 Å². The maximum absolute atomic E-state index is 15.4. The number of hydrogen-bond acceptors (Lipinski definition) is 9. The van der Waals surface area contributed by atoms with E-state index in [2.05, 4.69) is 75.3 Å². The third-order valence-corrected chi connectivity index (χ3v) is 27.0. The van der Waals surface area contributed by atoms with E-state index in [1.807, 2.05) is 45.9 Å². The molecule has 0 N–H and O–H groups in total. The maximum atomic E-state index is 15.4. The first-order valence-electron chi connectivity index (χ1n) is 28.3. The summed E-state index contributed by atoms with van der Waals surface area (Å²) in [6.45, 7) is 30.7. The highest BCUT2D eigenvalue weighted by molar-refractivity contribution is 6.87. The first-order valence-corrected chi connectivity index (χ1v) is 29.8. The van der Waals surface area contributed by atoms with Crippen molar-refractivity contribution >= 4 is 54.9 Å². The smallest absolute Gasteiger partial charge is 0.395 e. The Morgan fingerprint density at radius 1 is 0.507 bits per heavy atom. The number of carbonyl (C=O) groups is 7. The van der Waals surface area contributed by atoms with Gasteiger partial charge in [0.05, 0.1) is 29.7 Å². The molecular weight excluding hydrogens is 928 g/mol. The number of fused-ring (bicyclic) bond motifs is 14. The van der Waals surface area contributed by atoms with Crippen LogP contribution in [0.2, 0.25) is 0 Å². The lowest BCUT2D eigenvalue weighted by Crippen LogP contribution is -2.66. The molecule has 0 saturated heterocycles. The number of Topliss-reactive ketones (excluding diaryl/α,β-unsaturated/α-hetero) is 2. The normalized spacial score (nSPS) is 46.5. The summed E-state index contributed by atoms with van der Waals surface area (Å²) in [4.78, 5) is 104. The molecule has 73 heavy (non-hydrogen) atoms. The first kappa shape index (κ1) is 53.2. The van der Waals surface area contributed by atoms with Gasteiger partial charge in [0.15, 0.2) is 17.3 Å². The quantitative estimate of drug-likeness (QED) is 0.150. The van der Waals surface area contributed by atoms with Gasteiger partial charge in [-0.2, -0.15) is 0 Å². The molecule has 0 bridgehead atoms. The Balaban J connectivity index is 1.03. The summed E-state index contributed by atoms with van der Waals surface area (Å²) in [5, 5.41) is 0. The lowest BCUT2D eigenvalue weighted by atomic mass is 9.34. The summed E-state index contributed by atoms with van der Waals surface area (Å²) in [6.07, 6.45) is 18.5. The number of ketones is 4. The van der Waals surface area contributed by atoms with Gasteiger partial charge in [-0.15, -0.1) is 0 Å². The number of allylic oxidation sites excluding steroid dienone is 8. The van der Waals surface area contributed by atoms with Gasteiger partial charge in [0, 0.05) is 39.1 Å². The zero-order valence-electron chi connectivity index (χ0n) is 47.6. The Morgan fingerprint density at radius 2 is 0.890 bits per heavy atom. The van der Waals surface area contributed by atoms with Gasteiger partial charge < -0.3 is 14.3 Å². The molecule has 396 valence electrons. The van der Waals surface area contributed by atoms with Crippen molar-refractivity contribution in [3.8, 4) is 0 Å². The lowest BCUT2D eigenvalue weighted by molar-refractivity contribution is -0.192. The highest BCUT2D eigenvalue weighted by Crippen LogP contribution is 2.77. The molecule has 6 fully saturated rings. The van der Waals surface area contributed by atoms with E-state index in [4.69, 9.17) is 9.47 Å². The fourth-order valence-electron chi connectivity index (χ4n) is 21.0. The largest absolute Gasteiger partial charge is 0.469 e. The molecule has 9 nitrogen and oxygen atoms in total. The molecule has 6 saturated carbocycles. The molecule has 0 aromatic heterocycles. The van der Waals surface area contributed by atoms with Crippen molar-refractivity contribution in [2.24, 2.45) is 100 Å². The SMILES string of the molecule is COC(=O)C12CCC(C)(C)CC1C1C(=O)C=C3C4(C)C=[C]([AlH][C](=O)C5=CC6(C)C7=CC(=O)C8C9CC(C)(C)CCC9(C(=O)OC)CCC8(C)C7(C)CCC6C(C)(C)C5=O)C(=O)C(C)(C)C4CCC3(C)C1(C)CC2. The molecule has 14 atom stereocenters. The zero-order chi connectivity index (χ0) is 53.7. The molecule has 14 unspecified atom stereocenters. The van der Waals surface area contributed by atoms with Crippen molar-refractivity contribution in [2.45, 2.75) is 187 Å². The number of hydrogen-bond donors (Lipinski definition) is 0. The third-order valence-electron chi connectivity index (χ3n) is 25.4. The van der Waals surface area contributed by atoms with Gasteiger partial charge in [0.25, 0.3) is 0 Å². The summed E-state index contributed by atoms with van der Waals surface area (Å²) >= 11 is -2.08. The van der Waals surface area contributed by atoms with Crippen molar-refractivity contribution in [1.82, 2.24) is 0 Å². The van der Waals surface area contributed by atoms with Crippen LogP contribution in [0.1, 0.15) is 187 Å². The number of rotatable bonds is 5. The number of carbonyl (C=O) groups excluding carboxylic acids is 7. The van der Waals surface area contributed by atoms with E-state index in [0.717, 1.165) is 68.9 Å². The van der Waals surface area contributed by atoms with Gasteiger partial charge in [0.2, 0.25) is 0 Å². The molecular formula is C63H87AlO9. The first-order chi connectivity index (χ1) is 33.6. The second kappa shape index (κ2) is 15.9. The predicted molar refractivity (Wildman–Crippen MR) is 283 cm³/mol. The number of methoxy groups -OCH3 is 2. The topological polar surface area (TPSA) is 138 Å². The summed E-state index contributed by atoms with van der Waals surface area (Å²) in [5.74, 6) is -1.73. The van der Waals surface area contributed by atoms with Crippen LogP contribution in [0.25, 0.3) is 0 Å². The fourth-order valence-corrected chi connectivity index (χ4v) is 22.9. The second-order valence-corrected chi connectivity index (χ2v) is 32.1. The van der Waals surface area contributed by atoms with E-state index in [9.17, 15) is 9.59 Å². The molecule has 0 spiro atoms. The van der Waals surface area contributed by atoms with Crippen LogP contribution < -0.4 is 0 Å². The Kier molecular flexibility index (Phi) is 11.6. The van der Waals surface area contributed by atoms with E-state index < -0.39 is 69.4 Å². The molecule has 0 aromatic carbocycles. The average Bonchev–Trinajstić information content (AvgIpc) is 3.30. The highest BCUT2D eigenvalue weighted by Gasteiger charge is 2.73. The van der Waals surface area contributed by atoms with Crippen LogP contribution in [0, 0.1) is 100 Å². The van der Waals surface area contributed by atoms with Crippen LogP contribution >= 0.6 is 0 Å². The Labute approximate surface area is 442 Å². The van der Waals surface area contributed by atoms with Crippen molar-refractivity contribution < 1.29 is 43.0 Å². The van der Waals surface area contributed by atoms with Crippen LogP contribution in [-0.4, -0.2) is 69.2 Å². The van der Waals surface area contributed by atoms with Gasteiger partial charge in [0.1, 0.15) is 5.78 Å². The van der Waals surface area contributed by atoms with Crippen molar-refractivity contribution in [2.75, 3.05) is 14.2 Å². The van der Waals surface area contributed by atoms with E-state index in [1.54, 1.807) is 0 Å². The molecule has 10 aliphatic rings. The highest BCUT2D eigenvalue weighted by atomic mass is 27.1. The van der Waals surface area contributed by atoms with E-state index in [-0.39, 0.29) is 91.6 Å². The standard InChI is InChI=1S/C32H43O5.C31H43O4.Al.H/c1-27(2)11-13-32(26(36)37-8)14-12-31(7)24(20(32)17-27)21(34)15-23-29(5)16-19(18-33)25(35)28(3,4)22(29)9-10-30(23,31)6;1-26(2)13-15-31(25(34)35-8)16-14-30(7)24(19(31)18-26)20(32)17-22-28(5)11-10-23(33)27(3,4)21(28)9-12-29(22,30)6;;/h15-16,20,22,24H,9-14,17H2,1-8H3;11,17,19,21,24H,9,12-16,18H2,1-8H3;;. The van der Waals surface area contributed by atoms with Gasteiger partial charge in [-0.05, 0) is 158 Å². The minimum Gasteiger partial charge on any atom is -0.469 e.